The highest BCUT2D eigenvalue weighted by Crippen LogP contribution is 2.20. The molecule has 100 valence electrons. The van der Waals surface area contributed by atoms with E-state index < -0.39 is 0 Å². The topological polar surface area (TPSA) is 46.3 Å². The van der Waals surface area contributed by atoms with Crippen LogP contribution in [-0.4, -0.2) is 30.9 Å². The van der Waals surface area contributed by atoms with E-state index in [2.05, 4.69) is 20.4 Å². The van der Waals surface area contributed by atoms with Crippen LogP contribution in [0.1, 0.15) is 40.0 Å². The molecule has 0 aliphatic heterocycles. The van der Waals surface area contributed by atoms with Gasteiger partial charge >= 0.3 is 0 Å². The van der Waals surface area contributed by atoms with Crippen LogP contribution >= 0.6 is 0 Å². The number of nitrogens with two attached hydrogens (primary N) is 1. The highest BCUT2D eigenvalue weighted by molar-refractivity contribution is 5.76. The van der Waals surface area contributed by atoms with Crippen LogP contribution in [0.3, 0.4) is 0 Å². The van der Waals surface area contributed by atoms with Crippen LogP contribution in [0.2, 0.25) is 0 Å². The van der Waals surface area contributed by atoms with Gasteiger partial charge in [-0.3, -0.25) is 4.79 Å². The highest BCUT2D eigenvalue weighted by atomic mass is 16.2. The number of carbonyl (C=O) groups excluding carboxylic acids is 1. The van der Waals surface area contributed by atoms with E-state index in [4.69, 9.17) is 5.73 Å². The molecule has 0 rings (SSSR count). The van der Waals surface area contributed by atoms with E-state index in [1.54, 1.807) is 4.90 Å². The maximum Gasteiger partial charge on any atom is 0.222 e. The molecule has 1 atom stereocenters. The monoisotopic (exact) mass is 240 g/mol. The van der Waals surface area contributed by atoms with Crippen molar-refractivity contribution >= 4 is 5.91 Å². The first-order chi connectivity index (χ1) is 7.88. The number of rotatable bonds is 8. The normalized spacial score (nSPS) is 12.6. The lowest BCUT2D eigenvalue weighted by Crippen LogP contribution is -2.29. The van der Waals surface area contributed by atoms with Crippen molar-refractivity contribution in [3.05, 3.63) is 12.2 Å². The minimum atomic E-state index is 0.204. The quantitative estimate of drug-likeness (QED) is 0.662. The molecule has 0 aliphatic rings. The standard InChI is InChI=1S/C14H28N2O/c1-11(2)10-16(5)14(17)7-6-13(8-9-15)12(3)4/h12-13H,1,6-10,15H2,2-5H3. The number of hydrogen-bond acceptors (Lipinski definition) is 2. The summed E-state index contributed by atoms with van der Waals surface area (Å²) < 4.78 is 0. The lowest BCUT2D eigenvalue weighted by Gasteiger charge is -2.22. The fraction of sp³-hybridized carbons (Fsp3) is 0.786. The molecule has 0 radical (unpaired) electrons. The van der Waals surface area contributed by atoms with Crippen LogP contribution in [0.15, 0.2) is 12.2 Å². The number of likely N-dealkylation sites (N-methyl/N-ethyl adjacent to an activating group) is 1. The molecule has 1 unspecified atom stereocenters. The average molecular weight is 240 g/mol. The van der Waals surface area contributed by atoms with Crippen molar-refractivity contribution in [1.29, 1.82) is 0 Å². The van der Waals surface area contributed by atoms with Crippen LogP contribution in [-0.2, 0) is 4.79 Å². The molecule has 0 spiro atoms. The fourth-order valence-electron chi connectivity index (χ4n) is 2.02. The number of nitrogens with zero attached hydrogens (tertiary/aromatic N) is 1. The molecule has 0 aromatic rings. The van der Waals surface area contributed by atoms with Crippen molar-refractivity contribution in [2.24, 2.45) is 17.6 Å². The molecule has 17 heavy (non-hydrogen) atoms. The Bertz CT molecular complexity index is 249. The first-order valence-corrected chi connectivity index (χ1v) is 6.46. The zero-order valence-electron chi connectivity index (χ0n) is 11.8. The predicted octanol–water partition coefficient (Wildman–Crippen LogP) is 2.42. The van der Waals surface area contributed by atoms with Crippen molar-refractivity contribution < 1.29 is 4.79 Å². The van der Waals surface area contributed by atoms with Gasteiger partial charge in [0.15, 0.2) is 0 Å². The van der Waals surface area contributed by atoms with E-state index in [-0.39, 0.29) is 5.91 Å². The summed E-state index contributed by atoms with van der Waals surface area (Å²) in [6, 6.07) is 0. The van der Waals surface area contributed by atoms with Gasteiger partial charge in [-0.1, -0.05) is 26.0 Å². The lowest BCUT2D eigenvalue weighted by atomic mass is 9.88. The molecule has 3 nitrogen and oxygen atoms in total. The number of hydrogen-bond donors (Lipinski definition) is 1. The maximum absolute atomic E-state index is 11.9. The molecule has 2 N–H and O–H groups in total. The Morgan fingerprint density at radius 1 is 1.35 bits per heavy atom. The second-order valence-electron chi connectivity index (χ2n) is 5.33. The minimum Gasteiger partial charge on any atom is -0.342 e. The van der Waals surface area contributed by atoms with Gasteiger partial charge in [0.05, 0.1) is 0 Å². The summed E-state index contributed by atoms with van der Waals surface area (Å²) >= 11 is 0. The van der Waals surface area contributed by atoms with E-state index in [0.29, 0.717) is 31.3 Å². The van der Waals surface area contributed by atoms with Gasteiger partial charge in [0.25, 0.3) is 0 Å². The number of carbonyl (C=O) groups is 1. The van der Waals surface area contributed by atoms with E-state index >= 15 is 0 Å². The number of amides is 1. The molecule has 0 aromatic heterocycles. The first-order valence-electron chi connectivity index (χ1n) is 6.46. The summed E-state index contributed by atoms with van der Waals surface area (Å²) in [5.74, 6) is 1.36. The molecule has 0 fully saturated rings. The molecule has 0 saturated heterocycles. The third-order valence-corrected chi connectivity index (χ3v) is 3.14. The van der Waals surface area contributed by atoms with Crippen LogP contribution in [0.5, 0.6) is 0 Å². The lowest BCUT2D eigenvalue weighted by molar-refractivity contribution is -0.129. The zero-order chi connectivity index (χ0) is 13.4. The fourth-order valence-corrected chi connectivity index (χ4v) is 2.02. The van der Waals surface area contributed by atoms with Gasteiger partial charge in [0, 0.05) is 20.0 Å². The highest BCUT2D eigenvalue weighted by Gasteiger charge is 2.16. The van der Waals surface area contributed by atoms with Crippen molar-refractivity contribution in [3.8, 4) is 0 Å². The van der Waals surface area contributed by atoms with Crippen LogP contribution in [0, 0.1) is 11.8 Å². The van der Waals surface area contributed by atoms with Crippen molar-refractivity contribution in [3.63, 3.8) is 0 Å². The van der Waals surface area contributed by atoms with E-state index in [1.165, 1.54) is 0 Å². The van der Waals surface area contributed by atoms with Crippen molar-refractivity contribution in [2.75, 3.05) is 20.1 Å². The largest absolute Gasteiger partial charge is 0.342 e. The summed E-state index contributed by atoms with van der Waals surface area (Å²) in [6.07, 6.45) is 2.57. The van der Waals surface area contributed by atoms with Crippen molar-refractivity contribution in [1.82, 2.24) is 4.90 Å². The molecule has 0 heterocycles. The molecule has 0 aromatic carbocycles. The zero-order valence-corrected chi connectivity index (χ0v) is 11.8. The van der Waals surface area contributed by atoms with Crippen molar-refractivity contribution in [2.45, 2.75) is 40.0 Å². The van der Waals surface area contributed by atoms with Crippen LogP contribution in [0.25, 0.3) is 0 Å². The average Bonchev–Trinajstić information content (AvgIpc) is 2.22. The van der Waals surface area contributed by atoms with Crippen LogP contribution in [0.4, 0.5) is 0 Å². The summed E-state index contributed by atoms with van der Waals surface area (Å²) in [5, 5.41) is 0. The Labute approximate surface area is 106 Å². The minimum absolute atomic E-state index is 0.204. The smallest absolute Gasteiger partial charge is 0.222 e. The second kappa shape index (κ2) is 8.29. The maximum atomic E-state index is 11.9. The Kier molecular flexibility index (Phi) is 7.88. The molecule has 0 bridgehead atoms. The Hall–Kier alpha value is -0.830. The van der Waals surface area contributed by atoms with E-state index in [0.717, 1.165) is 18.4 Å². The van der Waals surface area contributed by atoms with Gasteiger partial charge in [-0.15, -0.1) is 0 Å². The van der Waals surface area contributed by atoms with Gasteiger partial charge < -0.3 is 10.6 Å². The molecule has 0 saturated carbocycles. The molecular formula is C14H28N2O. The Morgan fingerprint density at radius 3 is 2.35 bits per heavy atom. The van der Waals surface area contributed by atoms with Crippen LogP contribution < -0.4 is 5.73 Å². The summed E-state index contributed by atoms with van der Waals surface area (Å²) in [6.45, 7) is 11.5. The first kappa shape index (κ1) is 16.2. The third kappa shape index (κ3) is 7.16. The molecular weight excluding hydrogens is 212 g/mol. The van der Waals surface area contributed by atoms with Gasteiger partial charge in [0.2, 0.25) is 5.91 Å². The summed E-state index contributed by atoms with van der Waals surface area (Å²) in [4.78, 5) is 13.6. The molecule has 0 aliphatic carbocycles. The van der Waals surface area contributed by atoms with E-state index in [1.807, 2.05) is 14.0 Å². The Balaban J connectivity index is 4.07. The molecule has 3 heteroatoms. The molecule has 1 amide bonds. The summed E-state index contributed by atoms with van der Waals surface area (Å²) in [7, 11) is 1.84. The Morgan fingerprint density at radius 2 is 1.94 bits per heavy atom. The third-order valence-electron chi connectivity index (χ3n) is 3.14. The van der Waals surface area contributed by atoms with Gasteiger partial charge in [-0.05, 0) is 38.1 Å². The summed E-state index contributed by atoms with van der Waals surface area (Å²) in [5.41, 5.74) is 6.61. The SMILES string of the molecule is C=C(C)CN(C)C(=O)CCC(CCN)C(C)C. The predicted molar refractivity (Wildman–Crippen MR) is 73.7 cm³/mol. The van der Waals surface area contributed by atoms with Gasteiger partial charge in [-0.2, -0.15) is 0 Å². The second-order valence-corrected chi connectivity index (χ2v) is 5.33. The van der Waals surface area contributed by atoms with Gasteiger partial charge in [0.1, 0.15) is 0 Å². The van der Waals surface area contributed by atoms with E-state index in [9.17, 15) is 4.79 Å². The van der Waals surface area contributed by atoms with Gasteiger partial charge in [-0.25, -0.2) is 0 Å².